The minimum Gasteiger partial charge on any atom is -0.382 e. The Bertz CT molecular complexity index is 485. The van der Waals surface area contributed by atoms with Crippen LogP contribution in [0.25, 0.3) is 11.2 Å². The van der Waals surface area contributed by atoms with Gasteiger partial charge in [-0.25, -0.2) is 19.9 Å². The van der Waals surface area contributed by atoms with Gasteiger partial charge in [0.25, 0.3) is 0 Å². The number of hydrogen-bond acceptors (Lipinski definition) is 6. The molecule has 0 radical (unpaired) electrons. The highest BCUT2D eigenvalue weighted by Gasteiger charge is 2.06. The second-order valence-corrected chi connectivity index (χ2v) is 3.19. The second kappa shape index (κ2) is 3.33. The summed E-state index contributed by atoms with van der Waals surface area (Å²) in [6.07, 6.45) is 1.44. The smallest absolute Gasteiger partial charge is 0.183 e. The van der Waals surface area contributed by atoms with Crippen LogP contribution in [-0.4, -0.2) is 19.9 Å². The molecule has 2 aromatic heterocycles. The number of halogens is 1. The van der Waals surface area contributed by atoms with Crippen LogP contribution in [0, 0.1) is 0 Å². The first-order chi connectivity index (χ1) is 6.70. The lowest BCUT2D eigenvalue weighted by molar-refractivity contribution is 1.05. The molecule has 0 bridgehead atoms. The molecule has 72 valence electrons. The Morgan fingerprint density at radius 2 is 2.00 bits per heavy atom. The lowest BCUT2D eigenvalue weighted by atomic mass is 10.4. The first kappa shape index (κ1) is 9.07. The maximum Gasteiger partial charge on any atom is 0.183 e. The van der Waals surface area contributed by atoms with Crippen molar-refractivity contribution >= 4 is 38.7 Å². The number of anilines is 2. The van der Waals surface area contributed by atoms with E-state index in [1.807, 2.05) is 0 Å². The first-order valence-corrected chi connectivity index (χ1v) is 4.93. The van der Waals surface area contributed by atoms with Crippen LogP contribution >= 0.6 is 15.9 Å². The Labute approximate surface area is 87.9 Å². The van der Waals surface area contributed by atoms with Crippen molar-refractivity contribution in [1.82, 2.24) is 19.9 Å². The third kappa shape index (κ3) is 1.46. The van der Waals surface area contributed by atoms with Crippen LogP contribution in [-0.2, 0) is 5.33 Å². The van der Waals surface area contributed by atoms with Crippen LogP contribution in [0.2, 0.25) is 0 Å². The summed E-state index contributed by atoms with van der Waals surface area (Å²) >= 11 is 3.24. The van der Waals surface area contributed by atoms with Gasteiger partial charge in [0.2, 0.25) is 0 Å². The number of hydrogen-bond donors (Lipinski definition) is 2. The Kier molecular flexibility index (Phi) is 2.16. The lowest BCUT2D eigenvalue weighted by Gasteiger charge is -2.01. The van der Waals surface area contributed by atoms with Crippen molar-refractivity contribution in [1.29, 1.82) is 0 Å². The van der Waals surface area contributed by atoms with E-state index in [4.69, 9.17) is 11.5 Å². The summed E-state index contributed by atoms with van der Waals surface area (Å²) in [5.41, 5.74) is 12.0. The number of aromatic nitrogens is 4. The number of rotatable bonds is 1. The Morgan fingerprint density at radius 3 is 2.71 bits per heavy atom. The van der Waals surface area contributed by atoms with Crippen molar-refractivity contribution in [3.8, 4) is 0 Å². The quantitative estimate of drug-likeness (QED) is 0.718. The molecule has 0 amide bonds. The average molecular weight is 255 g/mol. The van der Waals surface area contributed by atoms with Gasteiger partial charge in [-0.05, 0) is 0 Å². The largest absolute Gasteiger partial charge is 0.382 e. The van der Waals surface area contributed by atoms with Gasteiger partial charge in [0.1, 0.15) is 11.6 Å². The molecule has 0 aliphatic heterocycles. The summed E-state index contributed by atoms with van der Waals surface area (Å²) in [5.74, 6) is 1.18. The topological polar surface area (TPSA) is 104 Å². The van der Waals surface area contributed by atoms with Gasteiger partial charge in [-0.2, -0.15) is 0 Å². The summed E-state index contributed by atoms with van der Waals surface area (Å²) in [5, 5.41) is 0.527. The molecule has 2 heterocycles. The fourth-order valence-corrected chi connectivity index (χ4v) is 1.30. The van der Waals surface area contributed by atoms with Crippen LogP contribution in [0.5, 0.6) is 0 Å². The number of fused-ring (bicyclic) bond motifs is 1. The highest BCUT2D eigenvalue weighted by molar-refractivity contribution is 9.08. The minimum absolute atomic E-state index is 0.296. The fourth-order valence-electron chi connectivity index (χ4n) is 1.05. The predicted octanol–water partition coefficient (Wildman–Crippen LogP) is 0.479. The summed E-state index contributed by atoms with van der Waals surface area (Å²) < 4.78 is 0. The zero-order valence-electron chi connectivity index (χ0n) is 7.11. The van der Waals surface area contributed by atoms with E-state index in [1.165, 1.54) is 6.20 Å². The van der Waals surface area contributed by atoms with E-state index in [2.05, 4.69) is 35.9 Å². The van der Waals surface area contributed by atoms with E-state index in [0.29, 0.717) is 34.0 Å². The van der Waals surface area contributed by atoms with Crippen LogP contribution < -0.4 is 11.5 Å². The maximum absolute atomic E-state index is 5.67. The zero-order chi connectivity index (χ0) is 10.1. The fraction of sp³-hybridized carbons (Fsp3) is 0.143. The van der Waals surface area contributed by atoms with E-state index < -0.39 is 0 Å². The molecule has 0 unspecified atom stereocenters. The van der Waals surface area contributed by atoms with Gasteiger partial charge in [0, 0.05) is 0 Å². The molecular formula is C7H7BrN6. The number of alkyl halides is 1. The van der Waals surface area contributed by atoms with Gasteiger partial charge in [-0.1, -0.05) is 15.9 Å². The number of nitrogen functional groups attached to an aromatic ring is 2. The number of nitrogens with two attached hydrogens (primary N) is 2. The van der Waals surface area contributed by atoms with E-state index in [1.54, 1.807) is 0 Å². The third-order valence-electron chi connectivity index (χ3n) is 1.62. The molecule has 0 spiro atoms. The van der Waals surface area contributed by atoms with E-state index in [0.717, 1.165) is 0 Å². The van der Waals surface area contributed by atoms with Crippen LogP contribution in [0.4, 0.5) is 11.6 Å². The van der Waals surface area contributed by atoms with E-state index in [-0.39, 0.29) is 0 Å². The first-order valence-electron chi connectivity index (χ1n) is 3.81. The van der Waals surface area contributed by atoms with Crippen molar-refractivity contribution in [2.45, 2.75) is 5.33 Å². The van der Waals surface area contributed by atoms with Crippen LogP contribution in [0.3, 0.4) is 0 Å². The van der Waals surface area contributed by atoms with E-state index in [9.17, 15) is 0 Å². The Hall–Kier alpha value is -1.50. The maximum atomic E-state index is 5.67. The molecule has 4 N–H and O–H groups in total. The van der Waals surface area contributed by atoms with Crippen LogP contribution in [0.15, 0.2) is 6.20 Å². The minimum atomic E-state index is 0.296. The van der Waals surface area contributed by atoms with Crippen molar-refractivity contribution in [3.63, 3.8) is 0 Å². The standard InChI is InChI=1S/C7H7BrN6/c8-1-4-13-6(10)5-7(14-4)11-2-3(9)12-5/h2H,1H2,(H2,9,12)(H2,10,11,13,14). The van der Waals surface area contributed by atoms with E-state index >= 15 is 0 Å². The van der Waals surface area contributed by atoms with Crippen molar-refractivity contribution < 1.29 is 0 Å². The Morgan fingerprint density at radius 1 is 1.21 bits per heavy atom. The molecule has 0 aromatic carbocycles. The van der Waals surface area contributed by atoms with Gasteiger partial charge in [-0.3, -0.25) is 0 Å². The molecule has 0 aliphatic rings. The summed E-state index contributed by atoms with van der Waals surface area (Å²) in [6, 6.07) is 0. The average Bonchev–Trinajstić information content (AvgIpc) is 2.19. The molecule has 2 aromatic rings. The molecule has 6 nitrogen and oxygen atoms in total. The molecule has 0 saturated carbocycles. The molecular weight excluding hydrogens is 248 g/mol. The highest BCUT2D eigenvalue weighted by atomic mass is 79.9. The van der Waals surface area contributed by atoms with Gasteiger partial charge in [-0.15, -0.1) is 0 Å². The van der Waals surface area contributed by atoms with Crippen molar-refractivity contribution in [2.24, 2.45) is 0 Å². The summed E-state index contributed by atoms with van der Waals surface area (Å²) in [6.45, 7) is 0. The SMILES string of the molecule is Nc1cnc2nc(CBr)nc(N)c2n1. The summed E-state index contributed by atoms with van der Waals surface area (Å²) in [7, 11) is 0. The molecule has 0 aliphatic carbocycles. The molecule has 0 atom stereocenters. The third-order valence-corrected chi connectivity index (χ3v) is 2.12. The van der Waals surface area contributed by atoms with Gasteiger partial charge >= 0.3 is 0 Å². The lowest BCUT2D eigenvalue weighted by Crippen LogP contribution is -2.03. The number of nitrogens with zero attached hydrogens (tertiary/aromatic N) is 4. The molecule has 7 heteroatoms. The second-order valence-electron chi connectivity index (χ2n) is 2.63. The molecule has 0 saturated heterocycles. The summed E-state index contributed by atoms with van der Waals surface area (Å²) in [4.78, 5) is 16.2. The highest BCUT2D eigenvalue weighted by Crippen LogP contribution is 2.15. The molecule has 0 fully saturated rings. The van der Waals surface area contributed by atoms with Crippen LogP contribution in [0.1, 0.15) is 5.82 Å². The Balaban J connectivity index is 2.76. The molecule has 2 rings (SSSR count). The van der Waals surface area contributed by atoms with Crippen molar-refractivity contribution in [2.75, 3.05) is 11.5 Å². The van der Waals surface area contributed by atoms with Gasteiger partial charge in [0.05, 0.1) is 11.5 Å². The van der Waals surface area contributed by atoms with Crippen molar-refractivity contribution in [3.05, 3.63) is 12.0 Å². The van der Waals surface area contributed by atoms with Gasteiger partial charge in [0.15, 0.2) is 17.0 Å². The monoisotopic (exact) mass is 254 g/mol. The van der Waals surface area contributed by atoms with Gasteiger partial charge < -0.3 is 11.5 Å². The molecule has 14 heavy (non-hydrogen) atoms. The predicted molar refractivity (Wildman–Crippen MR) is 56.6 cm³/mol. The normalized spacial score (nSPS) is 10.6. The zero-order valence-corrected chi connectivity index (χ0v) is 8.69.